The summed E-state index contributed by atoms with van der Waals surface area (Å²) in [6, 6.07) is 2.78. The molecule has 1 aromatic rings. The van der Waals surface area contributed by atoms with Gasteiger partial charge in [0, 0.05) is 17.3 Å². The van der Waals surface area contributed by atoms with Crippen LogP contribution >= 0.6 is 0 Å². The molecule has 3 N–H and O–H groups in total. The van der Waals surface area contributed by atoms with Crippen LogP contribution in [0.4, 0.5) is 10.6 Å². The topological polar surface area (TPSA) is 132 Å². The predicted molar refractivity (Wildman–Crippen MR) is 80.9 cm³/mol. The number of nitrogens with one attached hydrogen (secondary N) is 1. The Bertz CT molecular complexity index is 569. The van der Waals surface area contributed by atoms with Crippen molar-refractivity contribution in [3.8, 4) is 0 Å². The summed E-state index contributed by atoms with van der Waals surface area (Å²) in [7, 11) is 0. The van der Waals surface area contributed by atoms with Gasteiger partial charge in [0.2, 0.25) is 0 Å². The van der Waals surface area contributed by atoms with Crippen molar-refractivity contribution in [2.45, 2.75) is 39.2 Å². The normalized spacial score (nSPS) is 12.5. The number of ether oxygens (including phenoxy) is 1. The molecular weight excluding hydrogens is 288 g/mol. The van der Waals surface area contributed by atoms with Crippen LogP contribution in [-0.4, -0.2) is 27.3 Å². The summed E-state index contributed by atoms with van der Waals surface area (Å²) in [5.74, 6) is -0.183. The smallest absolute Gasteiger partial charge is 0.405 e. The van der Waals surface area contributed by atoms with E-state index in [0.717, 1.165) is 0 Å². The molecule has 0 radical (unpaired) electrons. The maximum Gasteiger partial charge on any atom is 0.405 e. The van der Waals surface area contributed by atoms with Gasteiger partial charge in [0.1, 0.15) is 11.8 Å². The number of nitrogens with zero attached hydrogens (tertiary/aromatic N) is 2. The van der Waals surface area contributed by atoms with Gasteiger partial charge in [-0.05, 0) is 48.6 Å². The van der Waals surface area contributed by atoms with E-state index in [1.807, 2.05) is 6.92 Å². The summed E-state index contributed by atoms with van der Waals surface area (Å²) in [6.45, 7) is 5.44. The Morgan fingerprint density at radius 3 is 2.64 bits per heavy atom. The van der Waals surface area contributed by atoms with Gasteiger partial charge < -0.3 is 26.0 Å². The number of nitrogens with two attached hydrogens (primary N) is 1. The first kappa shape index (κ1) is 17.5. The summed E-state index contributed by atoms with van der Waals surface area (Å²) >= 11 is 0. The molecule has 0 fully saturated rings. The largest absolute Gasteiger partial charge is 0.444 e. The van der Waals surface area contributed by atoms with E-state index >= 15 is 0 Å². The number of rotatable bonds is 7. The molecule has 0 saturated carbocycles. The summed E-state index contributed by atoms with van der Waals surface area (Å²) in [6.07, 6.45) is 1.47. The van der Waals surface area contributed by atoms with Crippen LogP contribution in [0.2, 0.25) is 0 Å². The van der Waals surface area contributed by atoms with Gasteiger partial charge >= 0.3 is 11.9 Å². The van der Waals surface area contributed by atoms with Crippen molar-refractivity contribution in [2.24, 2.45) is 11.7 Å². The molecule has 0 bridgehead atoms. The zero-order chi connectivity index (χ0) is 16.9. The number of primary amides is 1. The minimum absolute atomic E-state index is 0.0667. The molecule has 8 nitrogen and oxygen atoms in total. The van der Waals surface area contributed by atoms with Gasteiger partial charge in [-0.15, -0.1) is 0 Å². The van der Waals surface area contributed by atoms with Gasteiger partial charge in [0.15, 0.2) is 0 Å². The molecule has 120 valence electrons. The maximum atomic E-state index is 10.8. The molecule has 1 amide bonds. The van der Waals surface area contributed by atoms with Crippen LogP contribution in [0.5, 0.6) is 0 Å². The molecule has 0 aliphatic rings. The molecule has 1 heterocycles. The Balaban J connectivity index is 2.64. The highest BCUT2D eigenvalue weighted by Crippen LogP contribution is 2.24. The van der Waals surface area contributed by atoms with Crippen molar-refractivity contribution in [3.63, 3.8) is 0 Å². The van der Waals surface area contributed by atoms with Crippen molar-refractivity contribution in [1.29, 1.82) is 5.41 Å². The third-order valence-corrected chi connectivity index (χ3v) is 3.05. The van der Waals surface area contributed by atoms with Crippen LogP contribution in [0.3, 0.4) is 0 Å². The second kappa shape index (κ2) is 6.97. The van der Waals surface area contributed by atoms with E-state index in [2.05, 4.69) is 4.98 Å². The molecule has 8 heteroatoms. The van der Waals surface area contributed by atoms with Crippen LogP contribution in [0.15, 0.2) is 18.3 Å². The molecule has 1 rings (SSSR count). The fourth-order valence-electron chi connectivity index (χ4n) is 2.36. The molecule has 22 heavy (non-hydrogen) atoms. The average molecular weight is 308 g/mol. The Hall–Kier alpha value is -2.51. The first-order chi connectivity index (χ1) is 10.1. The zero-order valence-corrected chi connectivity index (χ0v) is 12.8. The first-order valence-electron chi connectivity index (χ1n) is 6.77. The van der Waals surface area contributed by atoms with Crippen molar-refractivity contribution in [2.75, 3.05) is 0 Å². The number of carbonyl (C=O) groups excluding carboxylic acids is 1. The van der Waals surface area contributed by atoms with E-state index in [-0.39, 0.29) is 11.7 Å². The zero-order valence-electron chi connectivity index (χ0n) is 12.8. The molecule has 1 aromatic heterocycles. The molecule has 1 unspecified atom stereocenters. The second-order valence-corrected chi connectivity index (χ2v) is 5.83. The lowest BCUT2D eigenvalue weighted by molar-refractivity contribution is -0.389. The Morgan fingerprint density at radius 2 is 2.18 bits per heavy atom. The van der Waals surface area contributed by atoms with Gasteiger partial charge in [0.25, 0.3) is 0 Å². The van der Waals surface area contributed by atoms with Crippen molar-refractivity contribution in [1.82, 2.24) is 4.98 Å². The lowest BCUT2D eigenvalue weighted by Gasteiger charge is -2.27. The van der Waals surface area contributed by atoms with Gasteiger partial charge in [-0.1, -0.05) is 6.92 Å². The molecule has 0 aliphatic carbocycles. The lowest BCUT2D eigenvalue weighted by atomic mass is 9.89. The quantitative estimate of drug-likeness (QED) is 0.454. The monoisotopic (exact) mass is 308 g/mol. The van der Waals surface area contributed by atoms with E-state index < -0.39 is 16.6 Å². The van der Waals surface area contributed by atoms with Crippen molar-refractivity contribution < 1.29 is 14.5 Å². The number of nitro groups is 1. The van der Waals surface area contributed by atoms with E-state index in [9.17, 15) is 14.9 Å². The average Bonchev–Trinajstić information content (AvgIpc) is 2.36. The number of pyridine rings is 1. The minimum atomic E-state index is -0.827. The molecule has 0 aromatic carbocycles. The van der Waals surface area contributed by atoms with Crippen LogP contribution in [-0.2, 0) is 4.74 Å². The number of aromatic nitrogens is 1. The van der Waals surface area contributed by atoms with Gasteiger partial charge in [-0.2, -0.15) is 0 Å². The third kappa shape index (κ3) is 5.47. The highest BCUT2D eigenvalue weighted by atomic mass is 16.6. The van der Waals surface area contributed by atoms with Crippen LogP contribution < -0.4 is 5.73 Å². The van der Waals surface area contributed by atoms with Crippen LogP contribution in [0, 0.1) is 21.4 Å². The second-order valence-electron chi connectivity index (χ2n) is 5.83. The van der Waals surface area contributed by atoms with E-state index in [0.29, 0.717) is 24.1 Å². The fraction of sp³-hybridized carbons (Fsp3) is 0.500. The summed E-state index contributed by atoms with van der Waals surface area (Å²) in [5.41, 5.74) is 5.17. The SMILES string of the molecule is CC(CC(=N)c1ccc([N+](=O)[O-])nc1)CC(C)(C)OC(N)=O. The molecular formula is C14H20N4O4. The van der Waals surface area contributed by atoms with Crippen molar-refractivity contribution >= 4 is 17.6 Å². The third-order valence-electron chi connectivity index (χ3n) is 3.05. The fourth-order valence-corrected chi connectivity index (χ4v) is 2.36. The summed E-state index contributed by atoms with van der Waals surface area (Å²) < 4.78 is 5.02. The van der Waals surface area contributed by atoms with Crippen molar-refractivity contribution in [3.05, 3.63) is 34.0 Å². The van der Waals surface area contributed by atoms with Gasteiger partial charge in [-0.3, -0.25) is 0 Å². The number of amides is 1. The highest BCUT2D eigenvalue weighted by molar-refractivity contribution is 5.98. The van der Waals surface area contributed by atoms with E-state index in [1.54, 1.807) is 13.8 Å². The van der Waals surface area contributed by atoms with Crippen LogP contribution in [0.25, 0.3) is 0 Å². The van der Waals surface area contributed by atoms with E-state index in [4.69, 9.17) is 15.9 Å². The number of hydrogen-bond acceptors (Lipinski definition) is 6. The Morgan fingerprint density at radius 1 is 1.55 bits per heavy atom. The van der Waals surface area contributed by atoms with Gasteiger partial charge in [0.05, 0.1) is 0 Å². The summed E-state index contributed by atoms with van der Waals surface area (Å²) in [5, 5.41) is 18.6. The standard InChI is InChI=1S/C14H20N4O4/c1-9(7-14(2,3)22-13(16)19)6-11(15)10-4-5-12(17-8-10)18(20)21/h4-5,8-9,15H,6-7H2,1-3H3,(H2,16,19). The minimum Gasteiger partial charge on any atom is -0.444 e. The van der Waals surface area contributed by atoms with E-state index in [1.165, 1.54) is 18.3 Å². The Kier molecular flexibility index (Phi) is 5.56. The first-order valence-corrected chi connectivity index (χ1v) is 6.77. The molecule has 0 aliphatic heterocycles. The lowest BCUT2D eigenvalue weighted by Crippen LogP contribution is -2.33. The molecule has 1 atom stereocenters. The highest BCUT2D eigenvalue weighted by Gasteiger charge is 2.25. The molecule has 0 saturated heterocycles. The predicted octanol–water partition coefficient (Wildman–Crippen LogP) is 2.65. The number of hydrogen-bond donors (Lipinski definition) is 2. The Labute approximate surface area is 128 Å². The van der Waals surface area contributed by atoms with Gasteiger partial charge in [-0.25, -0.2) is 4.79 Å². The molecule has 0 spiro atoms. The maximum absolute atomic E-state index is 10.8. The number of carbonyl (C=O) groups is 1. The summed E-state index contributed by atoms with van der Waals surface area (Å²) in [4.78, 5) is 24.5. The van der Waals surface area contributed by atoms with Crippen LogP contribution in [0.1, 0.15) is 39.2 Å².